The number of hydrogen-bond acceptors (Lipinski definition) is 1. The van der Waals surface area contributed by atoms with Crippen molar-refractivity contribution in [2.45, 2.75) is 13.1 Å². The van der Waals surface area contributed by atoms with Crippen LogP contribution < -0.4 is 0 Å². The number of aromatic nitrogens is 2. The van der Waals surface area contributed by atoms with Crippen molar-refractivity contribution in [3.63, 3.8) is 0 Å². The second-order valence-electron chi connectivity index (χ2n) is 4.77. The van der Waals surface area contributed by atoms with E-state index >= 15 is 0 Å². The summed E-state index contributed by atoms with van der Waals surface area (Å²) in [5.41, 5.74) is 0.0691. The Morgan fingerprint density at radius 1 is 1.10 bits per heavy atom. The van der Waals surface area contributed by atoms with Gasteiger partial charge in [0.05, 0.1) is 22.2 Å². The fourth-order valence-electron chi connectivity index (χ4n) is 2.23. The molecule has 0 unspecified atom stereocenters. The molecule has 0 aliphatic rings. The molecule has 1 N–H and O–H groups in total. The summed E-state index contributed by atoms with van der Waals surface area (Å²) in [6, 6.07) is 9.08. The maximum absolute atomic E-state index is 14.2. The summed E-state index contributed by atoms with van der Waals surface area (Å²) in [6.45, 7) is 1.49. The predicted molar refractivity (Wildman–Crippen MR) is 71.2 cm³/mol. The molecular weight excluding hydrogens is 284 g/mol. The van der Waals surface area contributed by atoms with E-state index in [0.29, 0.717) is 16.6 Å². The minimum absolute atomic E-state index is 0.0860. The van der Waals surface area contributed by atoms with E-state index in [0.717, 1.165) is 6.07 Å². The number of para-hydroxylation sites is 2. The minimum atomic E-state index is -4.74. The van der Waals surface area contributed by atoms with Gasteiger partial charge in [-0.15, -0.1) is 0 Å². The van der Waals surface area contributed by atoms with Crippen LogP contribution in [0.25, 0.3) is 22.4 Å². The molecule has 0 spiro atoms. The third-order valence-electron chi connectivity index (χ3n) is 3.17. The number of nitrogens with one attached hydrogen (secondary N) is 1. The fraction of sp³-hybridized carbons (Fsp3) is 0.133. The molecule has 108 valence electrons. The van der Waals surface area contributed by atoms with Crippen molar-refractivity contribution < 1.29 is 17.6 Å². The zero-order valence-electron chi connectivity index (χ0n) is 10.9. The van der Waals surface area contributed by atoms with Gasteiger partial charge in [0, 0.05) is 0 Å². The van der Waals surface area contributed by atoms with Gasteiger partial charge >= 0.3 is 6.18 Å². The third-order valence-corrected chi connectivity index (χ3v) is 3.17. The molecule has 1 heterocycles. The molecule has 0 saturated carbocycles. The maximum atomic E-state index is 14.2. The van der Waals surface area contributed by atoms with Gasteiger partial charge in [0.25, 0.3) is 0 Å². The van der Waals surface area contributed by atoms with Gasteiger partial charge in [-0.05, 0) is 36.8 Å². The van der Waals surface area contributed by atoms with Crippen LogP contribution in [0.3, 0.4) is 0 Å². The average molecular weight is 294 g/mol. The van der Waals surface area contributed by atoms with Crippen LogP contribution >= 0.6 is 0 Å². The first-order chi connectivity index (χ1) is 9.86. The van der Waals surface area contributed by atoms with E-state index in [1.54, 1.807) is 24.3 Å². The molecule has 0 bridgehead atoms. The standard InChI is InChI=1S/C15H10F4N2/c1-8-6-9(13(16)10(7-8)15(17,18)19)14-20-11-4-2-3-5-12(11)21-14/h2-7H,1H3,(H,20,21). The lowest BCUT2D eigenvalue weighted by atomic mass is 10.0. The highest BCUT2D eigenvalue weighted by Gasteiger charge is 2.35. The number of rotatable bonds is 1. The number of nitrogens with zero attached hydrogens (tertiary/aromatic N) is 1. The van der Waals surface area contributed by atoms with Crippen molar-refractivity contribution in [3.8, 4) is 11.4 Å². The van der Waals surface area contributed by atoms with Gasteiger partial charge < -0.3 is 4.98 Å². The molecule has 0 saturated heterocycles. The van der Waals surface area contributed by atoms with Crippen LogP contribution in [0.2, 0.25) is 0 Å². The van der Waals surface area contributed by atoms with Gasteiger partial charge in [-0.2, -0.15) is 13.2 Å². The molecule has 0 aliphatic heterocycles. The number of benzene rings is 2. The number of halogens is 4. The topological polar surface area (TPSA) is 28.7 Å². The highest BCUT2D eigenvalue weighted by Crippen LogP contribution is 2.36. The summed E-state index contributed by atoms with van der Waals surface area (Å²) in [4.78, 5) is 6.99. The van der Waals surface area contributed by atoms with Crippen molar-refractivity contribution in [1.29, 1.82) is 0 Å². The van der Waals surface area contributed by atoms with Crippen LogP contribution in [0.4, 0.5) is 17.6 Å². The molecule has 21 heavy (non-hydrogen) atoms. The Bertz CT molecular complexity index is 785. The van der Waals surface area contributed by atoms with Gasteiger partial charge in [0.15, 0.2) is 0 Å². The molecule has 2 aromatic carbocycles. The van der Waals surface area contributed by atoms with Gasteiger partial charge in [0.1, 0.15) is 11.6 Å². The minimum Gasteiger partial charge on any atom is -0.338 e. The Morgan fingerprint density at radius 2 is 1.81 bits per heavy atom. The molecule has 6 heteroatoms. The Balaban J connectivity index is 2.24. The summed E-state index contributed by atoms with van der Waals surface area (Å²) < 4.78 is 52.8. The first-order valence-electron chi connectivity index (χ1n) is 6.19. The van der Waals surface area contributed by atoms with E-state index in [1.807, 2.05) is 0 Å². The molecule has 3 aromatic rings. The van der Waals surface area contributed by atoms with Gasteiger partial charge in [-0.1, -0.05) is 12.1 Å². The van der Waals surface area contributed by atoms with Crippen molar-refractivity contribution >= 4 is 11.0 Å². The number of H-pyrrole nitrogens is 1. The Morgan fingerprint density at radius 3 is 2.48 bits per heavy atom. The lowest BCUT2D eigenvalue weighted by molar-refractivity contribution is -0.139. The summed E-state index contributed by atoms with van der Waals surface area (Å²) in [5.74, 6) is -1.23. The van der Waals surface area contributed by atoms with E-state index in [4.69, 9.17) is 0 Å². The number of alkyl halides is 3. The van der Waals surface area contributed by atoms with Gasteiger partial charge in [0.2, 0.25) is 0 Å². The van der Waals surface area contributed by atoms with Crippen LogP contribution in [0, 0.1) is 12.7 Å². The average Bonchev–Trinajstić information content (AvgIpc) is 2.83. The van der Waals surface area contributed by atoms with Crippen LogP contribution in [-0.2, 0) is 6.18 Å². The zero-order valence-corrected chi connectivity index (χ0v) is 10.9. The van der Waals surface area contributed by atoms with E-state index in [9.17, 15) is 17.6 Å². The highest BCUT2D eigenvalue weighted by atomic mass is 19.4. The predicted octanol–water partition coefficient (Wildman–Crippen LogP) is 4.70. The monoisotopic (exact) mass is 294 g/mol. The zero-order chi connectivity index (χ0) is 15.2. The fourth-order valence-corrected chi connectivity index (χ4v) is 2.23. The number of hydrogen-bond donors (Lipinski definition) is 1. The maximum Gasteiger partial charge on any atom is 0.419 e. The van der Waals surface area contributed by atoms with E-state index < -0.39 is 17.6 Å². The van der Waals surface area contributed by atoms with Gasteiger partial charge in [-0.25, -0.2) is 9.37 Å². The highest BCUT2D eigenvalue weighted by molar-refractivity contribution is 5.79. The van der Waals surface area contributed by atoms with E-state index in [-0.39, 0.29) is 11.4 Å². The SMILES string of the molecule is Cc1cc(-c2nc3ccccc3[nH]2)c(F)c(C(F)(F)F)c1. The van der Waals surface area contributed by atoms with E-state index in [1.165, 1.54) is 13.0 Å². The Labute approximate surface area is 117 Å². The third kappa shape index (κ3) is 2.37. The quantitative estimate of drug-likeness (QED) is 0.648. The molecule has 0 fully saturated rings. The molecule has 2 nitrogen and oxygen atoms in total. The second kappa shape index (κ2) is 4.58. The van der Waals surface area contributed by atoms with Crippen molar-refractivity contribution in [3.05, 3.63) is 53.3 Å². The van der Waals surface area contributed by atoms with E-state index in [2.05, 4.69) is 9.97 Å². The van der Waals surface area contributed by atoms with Crippen LogP contribution in [0.15, 0.2) is 36.4 Å². The van der Waals surface area contributed by atoms with Crippen molar-refractivity contribution in [2.75, 3.05) is 0 Å². The molecule has 0 atom stereocenters. The number of aryl methyl sites for hydroxylation is 1. The van der Waals surface area contributed by atoms with Gasteiger partial charge in [-0.3, -0.25) is 0 Å². The van der Waals surface area contributed by atoms with Crippen LogP contribution in [-0.4, -0.2) is 9.97 Å². The molecule has 1 aromatic heterocycles. The second-order valence-corrected chi connectivity index (χ2v) is 4.77. The Kier molecular flexibility index (Phi) is 2.97. The smallest absolute Gasteiger partial charge is 0.338 e. The number of aromatic amines is 1. The molecular formula is C15H10F4N2. The van der Waals surface area contributed by atoms with Crippen molar-refractivity contribution in [1.82, 2.24) is 9.97 Å². The summed E-state index contributed by atoms with van der Waals surface area (Å²) in [6.07, 6.45) is -4.74. The van der Waals surface area contributed by atoms with Crippen molar-refractivity contribution in [2.24, 2.45) is 0 Å². The largest absolute Gasteiger partial charge is 0.419 e. The number of fused-ring (bicyclic) bond motifs is 1. The summed E-state index contributed by atoms with van der Waals surface area (Å²) in [7, 11) is 0. The van der Waals surface area contributed by atoms with Crippen LogP contribution in [0.1, 0.15) is 11.1 Å². The molecule has 0 aliphatic carbocycles. The molecule has 0 radical (unpaired) electrons. The normalized spacial score (nSPS) is 12.0. The molecule has 3 rings (SSSR count). The summed E-state index contributed by atoms with van der Waals surface area (Å²) in [5, 5.41) is 0. The first kappa shape index (κ1) is 13.6. The summed E-state index contributed by atoms with van der Waals surface area (Å²) >= 11 is 0. The lowest BCUT2D eigenvalue weighted by Gasteiger charge is -2.11. The van der Waals surface area contributed by atoms with Crippen LogP contribution in [0.5, 0.6) is 0 Å². The Hall–Kier alpha value is -2.37. The first-order valence-corrected chi connectivity index (χ1v) is 6.19. The number of imidazole rings is 1. The molecule has 0 amide bonds. The lowest BCUT2D eigenvalue weighted by Crippen LogP contribution is -2.09.